The van der Waals surface area contributed by atoms with Gasteiger partial charge in [-0.25, -0.2) is 4.98 Å². The van der Waals surface area contributed by atoms with Crippen molar-refractivity contribution in [1.29, 1.82) is 0 Å². The summed E-state index contributed by atoms with van der Waals surface area (Å²) in [5, 5.41) is 6.52. The average molecular weight is 314 g/mol. The van der Waals surface area contributed by atoms with Crippen molar-refractivity contribution < 1.29 is 4.79 Å². The Morgan fingerprint density at radius 2 is 2.04 bits per heavy atom. The van der Waals surface area contributed by atoms with E-state index in [0.717, 1.165) is 18.7 Å². The molecule has 0 spiro atoms. The number of aryl methyl sites for hydroxylation is 1. The maximum Gasteiger partial charge on any atom is 0.220 e. The van der Waals surface area contributed by atoms with Crippen molar-refractivity contribution in [2.75, 3.05) is 11.9 Å². The molecule has 0 fully saturated rings. The second kappa shape index (κ2) is 8.98. The highest BCUT2D eigenvalue weighted by Gasteiger charge is 2.14. The maximum absolute atomic E-state index is 12.0. The average Bonchev–Trinajstić information content (AvgIpc) is 3.05. The van der Waals surface area contributed by atoms with Gasteiger partial charge in [0.15, 0.2) is 0 Å². The van der Waals surface area contributed by atoms with Gasteiger partial charge in [-0.05, 0) is 24.5 Å². The molecule has 2 rings (SSSR count). The van der Waals surface area contributed by atoms with Crippen LogP contribution in [0.15, 0.2) is 49.1 Å². The minimum absolute atomic E-state index is 0.102. The summed E-state index contributed by atoms with van der Waals surface area (Å²) in [6.07, 6.45) is 6.80. The van der Waals surface area contributed by atoms with E-state index in [4.69, 9.17) is 0 Å². The molecular formula is C18H26N4O. The van der Waals surface area contributed by atoms with E-state index in [1.165, 1.54) is 0 Å². The first-order chi connectivity index (χ1) is 11.1. The minimum Gasteiger partial charge on any atom is -0.380 e. The molecule has 1 aromatic carbocycles. The number of carbonyl (C=O) groups is 1. The molecule has 0 saturated carbocycles. The normalized spacial score (nSPS) is 12.1. The van der Waals surface area contributed by atoms with E-state index in [0.29, 0.717) is 18.9 Å². The van der Waals surface area contributed by atoms with Gasteiger partial charge < -0.3 is 15.2 Å². The third-order valence-corrected chi connectivity index (χ3v) is 3.83. The van der Waals surface area contributed by atoms with Crippen molar-refractivity contribution in [2.45, 2.75) is 39.3 Å². The molecule has 2 aromatic rings. The Kier molecular flexibility index (Phi) is 6.66. The molecule has 1 amide bonds. The van der Waals surface area contributed by atoms with Gasteiger partial charge in [-0.3, -0.25) is 4.79 Å². The Balaban J connectivity index is 1.71. The minimum atomic E-state index is 0.102. The van der Waals surface area contributed by atoms with Crippen molar-refractivity contribution in [3.05, 3.63) is 49.1 Å². The zero-order valence-corrected chi connectivity index (χ0v) is 13.9. The van der Waals surface area contributed by atoms with E-state index in [1.807, 2.05) is 41.1 Å². The number of hydrogen-bond donors (Lipinski definition) is 2. The Morgan fingerprint density at radius 1 is 1.26 bits per heavy atom. The summed E-state index contributed by atoms with van der Waals surface area (Å²) >= 11 is 0. The lowest BCUT2D eigenvalue weighted by Crippen LogP contribution is -2.39. The third kappa shape index (κ3) is 6.14. The van der Waals surface area contributed by atoms with Gasteiger partial charge in [0.2, 0.25) is 5.91 Å². The molecule has 5 heteroatoms. The van der Waals surface area contributed by atoms with E-state index in [9.17, 15) is 4.79 Å². The monoisotopic (exact) mass is 314 g/mol. The van der Waals surface area contributed by atoms with Crippen molar-refractivity contribution in [2.24, 2.45) is 5.92 Å². The van der Waals surface area contributed by atoms with E-state index < -0.39 is 0 Å². The molecule has 1 unspecified atom stereocenters. The second-order valence-corrected chi connectivity index (χ2v) is 6.07. The Labute approximate surface area is 138 Å². The fourth-order valence-corrected chi connectivity index (χ4v) is 2.36. The highest BCUT2D eigenvalue weighted by atomic mass is 16.1. The summed E-state index contributed by atoms with van der Waals surface area (Å²) in [6, 6.07) is 10.3. The number of anilines is 1. The zero-order chi connectivity index (χ0) is 16.5. The predicted octanol–water partition coefficient (Wildman–Crippen LogP) is 2.92. The molecule has 0 saturated heterocycles. The first-order valence-electron chi connectivity index (χ1n) is 8.19. The van der Waals surface area contributed by atoms with Crippen molar-refractivity contribution in [1.82, 2.24) is 14.9 Å². The highest BCUT2D eigenvalue weighted by molar-refractivity contribution is 5.75. The predicted molar refractivity (Wildman–Crippen MR) is 93.2 cm³/mol. The van der Waals surface area contributed by atoms with Crippen LogP contribution in [-0.2, 0) is 11.3 Å². The van der Waals surface area contributed by atoms with Gasteiger partial charge in [-0.2, -0.15) is 0 Å². The van der Waals surface area contributed by atoms with Crippen molar-refractivity contribution >= 4 is 11.6 Å². The number of benzene rings is 1. The molecular weight excluding hydrogens is 288 g/mol. The largest absolute Gasteiger partial charge is 0.380 e. The molecule has 0 aliphatic rings. The van der Waals surface area contributed by atoms with E-state index in [2.05, 4.69) is 29.5 Å². The van der Waals surface area contributed by atoms with Gasteiger partial charge in [-0.1, -0.05) is 32.0 Å². The second-order valence-electron chi connectivity index (χ2n) is 6.07. The van der Waals surface area contributed by atoms with Crippen molar-refractivity contribution in [3.8, 4) is 0 Å². The first-order valence-corrected chi connectivity index (χ1v) is 8.19. The van der Waals surface area contributed by atoms with Crippen LogP contribution in [0.3, 0.4) is 0 Å². The fraction of sp³-hybridized carbons (Fsp3) is 0.444. The molecule has 0 aliphatic carbocycles. The summed E-state index contributed by atoms with van der Waals surface area (Å²) in [7, 11) is 0. The van der Waals surface area contributed by atoms with Crippen LogP contribution < -0.4 is 10.6 Å². The Hall–Kier alpha value is -2.30. The molecule has 23 heavy (non-hydrogen) atoms. The zero-order valence-electron chi connectivity index (χ0n) is 13.9. The van der Waals surface area contributed by atoms with Gasteiger partial charge in [0.25, 0.3) is 0 Å². The summed E-state index contributed by atoms with van der Waals surface area (Å²) in [6.45, 7) is 5.78. The summed E-state index contributed by atoms with van der Waals surface area (Å²) in [4.78, 5) is 16.0. The highest BCUT2D eigenvalue weighted by Crippen LogP contribution is 2.11. The van der Waals surface area contributed by atoms with Crippen molar-refractivity contribution in [3.63, 3.8) is 0 Å². The van der Waals surface area contributed by atoms with Gasteiger partial charge in [-0.15, -0.1) is 0 Å². The molecule has 0 radical (unpaired) electrons. The maximum atomic E-state index is 12.0. The van der Waals surface area contributed by atoms with Crippen LogP contribution in [-0.4, -0.2) is 28.0 Å². The molecule has 124 valence electrons. The van der Waals surface area contributed by atoms with Crippen LogP contribution in [0.1, 0.15) is 26.7 Å². The van der Waals surface area contributed by atoms with Gasteiger partial charge in [0.1, 0.15) is 0 Å². The number of imidazole rings is 1. The molecule has 2 N–H and O–H groups in total. The standard InChI is InChI=1S/C18H26N4O/c1-15(2)17(21-16-7-4-3-5-8-16)13-20-18(23)9-6-11-22-12-10-19-14-22/h3-5,7-8,10,12,14-15,17,21H,6,9,11,13H2,1-2H3,(H,20,23). The van der Waals surface area contributed by atoms with E-state index in [-0.39, 0.29) is 11.9 Å². The Bertz CT molecular complexity index is 566. The van der Waals surface area contributed by atoms with Gasteiger partial charge in [0, 0.05) is 43.6 Å². The number of carbonyl (C=O) groups excluding carboxylic acids is 1. The third-order valence-electron chi connectivity index (χ3n) is 3.83. The molecule has 0 bridgehead atoms. The molecule has 1 aromatic heterocycles. The summed E-state index contributed by atoms with van der Waals surface area (Å²) in [5.74, 6) is 0.534. The number of amides is 1. The molecule has 0 aliphatic heterocycles. The quantitative estimate of drug-likeness (QED) is 0.748. The van der Waals surface area contributed by atoms with E-state index in [1.54, 1.807) is 12.5 Å². The van der Waals surface area contributed by atoms with Crippen LogP contribution >= 0.6 is 0 Å². The lowest BCUT2D eigenvalue weighted by atomic mass is 10.0. The van der Waals surface area contributed by atoms with Gasteiger partial charge >= 0.3 is 0 Å². The summed E-state index contributed by atoms with van der Waals surface area (Å²) < 4.78 is 1.99. The Morgan fingerprint density at radius 3 is 2.70 bits per heavy atom. The number of rotatable bonds is 9. The molecule has 1 atom stereocenters. The molecule has 5 nitrogen and oxygen atoms in total. The van der Waals surface area contributed by atoms with Crippen LogP contribution in [0, 0.1) is 5.92 Å². The number of para-hydroxylation sites is 1. The lowest BCUT2D eigenvalue weighted by Gasteiger charge is -2.24. The lowest BCUT2D eigenvalue weighted by molar-refractivity contribution is -0.121. The number of nitrogens with one attached hydrogen (secondary N) is 2. The fourth-order valence-electron chi connectivity index (χ4n) is 2.36. The van der Waals surface area contributed by atoms with Crippen LogP contribution in [0.25, 0.3) is 0 Å². The molecule has 1 heterocycles. The van der Waals surface area contributed by atoms with Crippen LogP contribution in [0.4, 0.5) is 5.69 Å². The van der Waals surface area contributed by atoms with Crippen LogP contribution in [0.2, 0.25) is 0 Å². The number of hydrogen-bond acceptors (Lipinski definition) is 3. The van der Waals surface area contributed by atoms with E-state index >= 15 is 0 Å². The smallest absolute Gasteiger partial charge is 0.220 e. The number of aromatic nitrogens is 2. The topological polar surface area (TPSA) is 59.0 Å². The van der Waals surface area contributed by atoms with Crippen LogP contribution in [0.5, 0.6) is 0 Å². The number of nitrogens with zero attached hydrogens (tertiary/aromatic N) is 2. The SMILES string of the molecule is CC(C)C(CNC(=O)CCCn1ccnc1)Nc1ccccc1. The first kappa shape index (κ1) is 17.1. The summed E-state index contributed by atoms with van der Waals surface area (Å²) in [5.41, 5.74) is 1.08. The van der Waals surface area contributed by atoms with Gasteiger partial charge in [0.05, 0.1) is 6.33 Å².